The summed E-state index contributed by atoms with van der Waals surface area (Å²) in [5.41, 5.74) is 2.65. The first kappa shape index (κ1) is 19.0. The van der Waals surface area contributed by atoms with E-state index in [1.165, 1.54) is 12.0 Å². The van der Waals surface area contributed by atoms with Crippen molar-refractivity contribution in [1.29, 1.82) is 0 Å². The van der Waals surface area contributed by atoms with E-state index >= 15 is 0 Å². The fourth-order valence-electron chi connectivity index (χ4n) is 3.73. The molecule has 1 aromatic heterocycles. The number of benzene rings is 2. The third-order valence-electron chi connectivity index (χ3n) is 5.23. The molecule has 7 nitrogen and oxygen atoms in total. The number of ether oxygens (including phenoxy) is 2. The van der Waals surface area contributed by atoms with Crippen molar-refractivity contribution in [3.63, 3.8) is 0 Å². The zero-order valence-electron chi connectivity index (χ0n) is 16.4. The van der Waals surface area contributed by atoms with Gasteiger partial charge in [-0.15, -0.1) is 0 Å². The highest BCUT2D eigenvalue weighted by atomic mass is 16.5. The molecule has 7 heteroatoms. The summed E-state index contributed by atoms with van der Waals surface area (Å²) in [6, 6.07) is 12.4. The van der Waals surface area contributed by atoms with E-state index in [2.05, 4.69) is 10.3 Å². The second-order valence-corrected chi connectivity index (χ2v) is 6.93. The number of fused-ring (bicyclic) bond motifs is 1. The molecule has 1 aliphatic rings. The Hall–Kier alpha value is -3.32. The zero-order chi connectivity index (χ0) is 20.4. The van der Waals surface area contributed by atoms with Crippen molar-refractivity contribution in [2.24, 2.45) is 0 Å². The van der Waals surface area contributed by atoms with E-state index < -0.39 is 6.04 Å². The number of aromatic nitrogens is 1. The Morgan fingerprint density at radius 3 is 2.76 bits per heavy atom. The third-order valence-corrected chi connectivity index (χ3v) is 5.23. The number of amides is 2. The van der Waals surface area contributed by atoms with Crippen LogP contribution in [0.2, 0.25) is 0 Å². The van der Waals surface area contributed by atoms with E-state index in [-0.39, 0.29) is 18.2 Å². The molecule has 2 aromatic carbocycles. The number of nitrogens with zero attached hydrogens (tertiary/aromatic N) is 1. The van der Waals surface area contributed by atoms with Gasteiger partial charge in [0, 0.05) is 23.6 Å². The van der Waals surface area contributed by atoms with Crippen LogP contribution >= 0.6 is 0 Å². The van der Waals surface area contributed by atoms with Crippen LogP contribution in [0.15, 0.2) is 48.7 Å². The molecule has 4 rings (SSSR count). The van der Waals surface area contributed by atoms with Gasteiger partial charge in [0.2, 0.25) is 5.91 Å². The summed E-state index contributed by atoms with van der Waals surface area (Å²) >= 11 is 0. The second-order valence-electron chi connectivity index (χ2n) is 6.93. The van der Waals surface area contributed by atoms with Crippen LogP contribution in [-0.2, 0) is 16.0 Å². The lowest BCUT2D eigenvalue weighted by molar-refractivity contribution is -0.121. The number of carbonyl (C=O) groups excluding carboxylic acids is 2. The van der Waals surface area contributed by atoms with Crippen molar-refractivity contribution in [2.75, 3.05) is 25.7 Å². The van der Waals surface area contributed by atoms with E-state index in [9.17, 15) is 9.59 Å². The molecule has 1 saturated heterocycles. The van der Waals surface area contributed by atoms with Crippen LogP contribution in [0.1, 0.15) is 12.0 Å². The van der Waals surface area contributed by atoms with Gasteiger partial charge in [-0.3, -0.25) is 9.59 Å². The number of methoxy groups -OCH3 is 2. The Bertz CT molecular complexity index is 1060. The van der Waals surface area contributed by atoms with Crippen molar-refractivity contribution >= 4 is 28.4 Å². The molecule has 0 bridgehead atoms. The summed E-state index contributed by atoms with van der Waals surface area (Å²) in [5, 5.41) is 4.33. The van der Waals surface area contributed by atoms with E-state index in [1.807, 2.05) is 24.4 Å². The molecular weight excluding hydrogens is 370 g/mol. The van der Waals surface area contributed by atoms with E-state index in [4.69, 9.17) is 9.47 Å². The minimum Gasteiger partial charge on any atom is -0.497 e. The third kappa shape index (κ3) is 3.56. The van der Waals surface area contributed by atoms with Crippen LogP contribution in [-0.4, -0.2) is 43.6 Å². The maximum Gasteiger partial charge on any atom is 0.251 e. The fraction of sp³-hybridized carbons (Fsp3) is 0.273. The number of carbonyl (C=O) groups is 2. The number of aromatic amines is 1. The molecule has 1 fully saturated rings. The first-order chi connectivity index (χ1) is 14.1. The van der Waals surface area contributed by atoms with Gasteiger partial charge in [0.05, 0.1) is 32.4 Å². The van der Waals surface area contributed by atoms with Gasteiger partial charge in [0.25, 0.3) is 5.91 Å². The molecule has 2 N–H and O–H groups in total. The summed E-state index contributed by atoms with van der Waals surface area (Å²) in [5.74, 6) is 0.826. The summed E-state index contributed by atoms with van der Waals surface area (Å²) in [6.07, 6.45) is 2.83. The SMILES string of the molecule is COc1ccc2[nH]cc(CCNC3CC(=O)N(c4ccccc4OC)C3=O)c2c1. The minimum absolute atomic E-state index is 0.137. The number of hydrogen-bond donors (Lipinski definition) is 2. The lowest BCUT2D eigenvalue weighted by Crippen LogP contribution is -2.39. The number of nitrogens with one attached hydrogen (secondary N) is 2. The number of rotatable bonds is 7. The molecule has 2 heterocycles. The highest BCUT2D eigenvalue weighted by Crippen LogP contribution is 2.31. The van der Waals surface area contributed by atoms with Gasteiger partial charge >= 0.3 is 0 Å². The molecular formula is C22H23N3O4. The van der Waals surface area contributed by atoms with Crippen LogP contribution in [0.25, 0.3) is 10.9 Å². The van der Waals surface area contributed by atoms with Crippen LogP contribution in [0.5, 0.6) is 11.5 Å². The average Bonchev–Trinajstić information content (AvgIpc) is 3.27. The van der Waals surface area contributed by atoms with Gasteiger partial charge in [-0.2, -0.15) is 0 Å². The lowest BCUT2D eigenvalue weighted by Gasteiger charge is -2.18. The second kappa shape index (κ2) is 7.97. The quantitative estimate of drug-likeness (QED) is 0.603. The Morgan fingerprint density at radius 1 is 1.14 bits per heavy atom. The summed E-state index contributed by atoms with van der Waals surface area (Å²) in [7, 11) is 3.17. The van der Waals surface area contributed by atoms with Gasteiger partial charge in [-0.05, 0) is 42.3 Å². The monoisotopic (exact) mass is 393 g/mol. The summed E-state index contributed by atoms with van der Waals surface area (Å²) in [6.45, 7) is 0.577. The van der Waals surface area contributed by atoms with E-state index in [0.717, 1.165) is 28.6 Å². The highest BCUT2D eigenvalue weighted by Gasteiger charge is 2.40. The number of para-hydroxylation sites is 2. The molecule has 1 atom stereocenters. The van der Waals surface area contributed by atoms with Gasteiger partial charge in [0.15, 0.2) is 0 Å². The Morgan fingerprint density at radius 2 is 1.97 bits per heavy atom. The number of imide groups is 1. The molecule has 0 spiro atoms. The average molecular weight is 393 g/mol. The molecule has 0 radical (unpaired) electrons. The normalized spacial score (nSPS) is 16.6. The molecule has 0 aliphatic carbocycles. The molecule has 1 aliphatic heterocycles. The van der Waals surface area contributed by atoms with Crippen LogP contribution in [0.4, 0.5) is 5.69 Å². The van der Waals surface area contributed by atoms with Gasteiger partial charge in [0.1, 0.15) is 11.5 Å². The lowest BCUT2D eigenvalue weighted by atomic mass is 10.1. The van der Waals surface area contributed by atoms with Gasteiger partial charge in [-0.25, -0.2) is 4.90 Å². The van der Waals surface area contributed by atoms with Gasteiger partial charge in [-0.1, -0.05) is 12.1 Å². The van der Waals surface area contributed by atoms with Crippen LogP contribution in [0, 0.1) is 0 Å². The summed E-state index contributed by atoms with van der Waals surface area (Å²) < 4.78 is 10.6. The van der Waals surface area contributed by atoms with Crippen LogP contribution < -0.4 is 19.7 Å². The van der Waals surface area contributed by atoms with Crippen molar-refractivity contribution in [1.82, 2.24) is 10.3 Å². The Kier molecular flexibility index (Phi) is 5.22. The van der Waals surface area contributed by atoms with Crippen molar-refractivity contribution in [3.8, 4) is 11.5 Å². The molecule has 2 amide bonds. The predicted molar refractivity (Wildman–Crippen MR) is 110 cm³/mol. The van der Waals surface area contributed by atoms with Crippen molar-refractivity contribution in [3.05, 3.63) is 54.2 Å². The topological polar surface area (TPSA) is 83.7 Å². The fourth-order valence-corrected chi connectivity index (χ4v) is 3.73. The maximum atomic E-state index is 12.8. The zero-order valence-corrected chi connectivity index (χ0v) is 16.4. The molecule has 1 unspecified atom stereocenters. The maximum absolute atomic E-state index is 12.8. The van der Waals surface area contributed by atoms with Gasteiger partial charge < -0.3 is 19.8 Å². The first-order valence-electron chi connectivity index (χ1n) is 9.49. The van der Waals surface area contributed by atoms with Crippen LogP contribution in [0.3, 0.4) is 0 Å². The smallest absolute Gasteiger partial charge is 0.251 e. The molecule has 29 heavy (non-hydrogen) atoms. The predicted octanol–water partition coefficient (Wildman–Crippen LogP) is 2.65. The largest absolute Gasteiger partial charge is 0.497 e. The standard InChI is InChI=1S/C22H23N3O4/c1-28-15-7-8-17-16(11-15)14(13-24-17)9-10-23-18-12-21(26)25(22(18)27)19-5-3-4-6-20(19)29-2/h3-8,11,13,18,23-24H,9-10,12H2,1-2H3. The number of anilines is 1. The Labute approximate surface area is 168 Å². The molecule has 0 saturated carbocycles. The molecule has 3 aromatic rings. The van der Waals surface area contributed by atoms with Crippen molar-refractivity contribution in [2.45, 2.75) is 18.9 Å². The highest BCUT2D eigenvalue weighted by molar-refractivity contribution is 6.23. The van der Waals surface area contributed by atoms with E-state index in [1.54, 1.807) is 31.4 Å². The van der Waals surface area contributed by atoms with Crippen molar-refractivity contribution < 1.29 is 19.1 Å². The molecule has 150 valence electrons. The van der Waals surface area contributed by atoms with E-state index in [0.29, 0.717) is 18.0 Å². The summed E-state index contributed by atoms with van der Waals surface area (Å²) in [4.78, 5) is 29.8. The minimum atomic E-state index is -0.535. The number of H-pyrrole nitrogens is 1. The number of hydrogen-bond acceptors (Lipinski definition) is 5. The Balaban J connectivity index is 1.43. The first-order valence-corrected chi connectivity index (χ1v) is 9.49.